The second kappa shape index (κ2) is 6.78. The van der Waals surface area contributed by atoms with Gasteiger partial charge in [-0.15, -0.1) is 0 Å². The third kappa shape index (κ3) is 3.98. The quantitative estimate of drug-likeness (QED) is 0.823. The largest absolute Gasteiger partial charge is 0.508 e. The van der Waals surface area contributed by atoms with Crippen LogP contribution in [0, 0.1) is 6.92 Å². The summed E-state index contributed by atoms with van der Waals surface area (Å²) in [5.74, 6) is -0.346. The normalized spacial score (nSPS) is 10.1. The Kier molecular flexibility index (Phi) is 5.36. The van der Waals surface area contributed by atoms with Gasteiger partial charge in [0.05, 0.1) is 7.11 Å². The van der Waals surface area contributed by atoms with Crippen molar-refractivity contribution in [2.24, 2.45) is 0 Å². The third-order valence-electron chi connectivity index (χ3n) is 2.98. The van der Waals surface area contributed by atoms with Crippen molar-refractivity contribution in [1.82, 2.24) is 4.90 Å². The van der Waals surface area contributed by atoms with Gasteiger partial charge in [0.1, 0.15) is 5.75 Å². The van der Waals surface area contributed by atoms with Gasteiger partial charge in [-0.25, -0.2) is 0 Å². The summed E-state index contributed by atoms with van der Waals surface area (Å²) in [7, 11) is 3.01. The van der Waals surface area contributed by atoms with Crippen molar-refractivity contribution in [3.8, 4) is 5.75 Å². The smallest absolute Gasteiger partial charge is 0.305 e. The molecule has 0 heterocycles. The predicted octanol–water partition coefficient (Wildman–Crippen LogP) is 1.73. The standard InChI is InChI=1S/C14H19NO4/c1-10-11(6-4-7-12(10)16)14(18)15(2)9-5-8-13(17)19-3/h4,6-7,16H,5,8-9H2,1-3H3. The fraction of sp³-hybridized carbons (Fsp3) is 0.429. The summed E-state index contributed by atoms with van der Waals surface area (Å²) in [5, 5.41) is 9.58. The van der Waals surface area contributed by atoms with E-state index in [-0.39, 0.29) is 24.0 Å². The molecule has 0 aliphatic carbocycles. The van der Waals surface area contributed by atoms with Crippen LogP contribution in [0.3, 0.4) is 0 Å². The number of esters is 1. The first-order valence-corrected chi connectivity index (χ1v) is 6.08. The van der Waals surface area contributed by atoms with Gasteiger partial charge in [-0.2, -0.15) is 0 Å². The second-order valence-corrected chi connectivity index (χ2v) is 4.36. The number of ether oxygens (including phenoxy) is 1. The van der Waals surface area contributed by atoms with Crippen LogP contribution < -0.4 is 0 Å². The maximum Gasteiger partial charge on any atom is 0.305 e. The minimum absolute atomic E-state index is 0.105. The average Bonchev–Trinajstić information content (AvgIpc) is 2.40. The molecule has 0 saturated heterocycles. The molecular weight excluding hydrogens is 246 g/mol. The Morgan fingerprint density at radius 3 is 2.68 bits per heavy atom. The zero-order chi connectivity index (χ0) is 14.4. The van der Waals surface area contributed by atoms with Crippen LogP contribution in [0.1, 0.15) is 28.8 Å². The van der Waals surface area contributed by atoms with Crippen LogP contribution in [0.2, 0.25) is 0 Å². The van der Waals surface area contributed by atoms with Gasteiger partial charge < -0.3 is 14.7 Å². The number of rotatable bonds is 5. The fourth-order valence-electron chi connectivity index (χ4n) is 1.72. The van der Waals surface area contributed by atoms with Crippen LogP contribution in [-0.4, -0.2) is 42.6 Å². The van der Waals surface area contributed by atoms with Gasteiger partial charge in [0.15, 0.2) is 0 Å². The Balaban J connectivity index is 2.62. The van der Waals surface area contributed by atoms with Gasteiger partial charge in [0, 0.05) is 31.1 Å². The van der Waals surface area contributed by atoms with E-state index in [9.17, 15) is 14.7 Å². The van der Waals surface area contributed by atoms with E-state index in [0.717, 1.165) is 0 Å². The van der Waals surface area contributed by atoms with Crippen LogP contribution >= 0.6 is 0 Å². The molecule has 0 spiro atoms. The van der Waals surface area contributed by atoms with Gasteiger partial charge in [-0.1, -0.05) is 6.07 Å². The number of phenolic OH excluding ortho intramolecular Hbond substituents is 1. The summed E-state index contributed by atoms with van der Waals surface area (Å²) in [6, 6.07) is 4.86. The summed E-state index contributed by atoms with van der Waals surface area (Å²) in [4.78, 5) is 24.7. The maximum absolute atomic E-state index is 12.2. The zero-order valence-corrected chi connectivity index (χ0v) is 11.5. The molecule has 0 unspecified atom stereocenters. The first kappa shape index (κ1) is 15.0. The van der Waals surface area contributed by atoms with Crippen LogP contribution in [0.4, 0.5) is 0 Å². The molecule has 0 fully saturated rings. The molecular formula is C14H19NO4. The Morgan fingerprint density at radius 1 is 1.37 bits per heavy atom. The van der Waals surface area contributed by atoms with Crippen molar-refractivity contribution in [3.63, 3.8) is 0 Å². The summed E-state index contributed by atoms with van der Waals surface area (Å²) in [5.41, 5.74) is 1.04. The molecule has 1 N–H and O–H groups in total. The number of hydrogen-bond donors (Lipinski definition) is 1. The number of carbonyl (C=O) groups excluding carboxylic acids is 2. The molecule has 19 heavy (non-hydrogen) atoms. The molecule has 0 aliphatic heterocycles. The van der Waals surface area contributed by atoms with E-state index >= 15 is 0 Å². The topological polar surface area (TPSA) is 66.8 Å². The van der Waals surface area contributed by atoms with E-state index in [1.807, 2.05) is 0 Å². The highest BCUT2D eigenvalue weighted by Crippen LogP contribution is 2.20. The van der Waals surface area contributed by atoms with E-state index in [1.165, 1.54) is 12.0 Å². The van der Waals surface area contributed by atoms with E-state index < -0.39 is 0 Å². The van der Waals surface area contributed by atoms with Crippen LogP contribution in [-0.2, 0) is 9.53 Å². The highest BCUT2D eigenvalue weighted by molar-refractivity contribution is 5.96. The minimum Gasteiger partial charge on any atom is -0.508 e. The average molecular weight is 265 g/mol. The lowest BCUT2D eigenvalue weighted by Gasteiger charge is -2.18. The summed E-state index contributed by atoms with van der Waals surface area (Å²) in [6.45, 7) is 2.16. The number of aromatic hydroxyl groups is 1. The van der Waals surface area contributed by atoms with Gasteiger partial charge in [0.2, 0.25) is 0 Å². The van der Waals surface area contributed by atoms with Gasteiger partial charge in [-0.3, -0.25) is 9.59 Å². The molecule has 1 rings (SSSR count). The SMILES string of the molecule is COC(=O)CCCN(C)C(=O)c1cccc(O)c1C. The van der Waals surface area contributed by atoms with Crippen LogP contribution in [0.25, 0.3) is 0 Å². The number of nitrogens with zero attached hydrogens (tertiary/aromatic N) is 1. The Labute approximate surface area is 112 Å². The molecule has 5 nitrogen and oxygen atoms in total. The van der Waals surface area contributed by atoms with Crippen LogP contribution in [0.5, 0.6) is 5.75 Å². The van der Waals surface area contributed by atoms with E-state index in [1.54, 1.807) is 32.2 Å². The molecule has 1 aromatic rings. The van der Waals surface area contributed by atoms with Crippen LogP contribution in [0.15, 0.2) is 18.2 Å². The Morgan fingerprint density at radius 2 is 2.05 bits per heavy atom. The lowest BCUT2D eigenvalue weighted by Crippen LogP contribution is -2.28. The summed E-state index contributed by atoms with van der Waals surface area (Å²) >= 11 is 0. The highest BCUT2D eigenvalue weighted by Gasteiger charge is 2.15. The van der Waals surface area contributed by atoms with E-state index in [0.29, 0.717) is 24.1 Å². The van der Waals surface area contributed by atoms with Gasteiger partial charge in [-0.05, 0) is 25.5 Å². The summed E-state index contributed by atoms with van der Waals surface area (Å²) < 4.78 is 4.54. The van der Waals surface area contributed by atoms with Crippen molar-refractivity contribution in [1.29, 1.82) is 0 Å². The maximum atomic E-state index is 12.2. The fourth-order valence-corrected chi connectivity index (χ4v) is 1.72. The summed E-state index contributed by atoms with van der Waals surface area (Å²) in [6.07, 6.45) is 0.833. The number of hydrogen-bond acceptors (Lipinski definition) is 4. The van der Waals surface area contributed by atoms with Gasteiger partial charge >= 0.3 is 5.97 Å². The Bertz CT molecular complexity index is 471. The lowest BCUT2D eigenvalue weighted by molar-refractivity contribution is -0.140. The monoisotopic (exact) mass is 265 g/mol. The molecule has 0 atom stereocenters. The second-order valence-electron chi connectivity index (χ2n) is 4.36. The van der Waals surface area contributed by atoms with Gasteiger partial charge in [0.25, 0.3) is 5.91 Å². The number of benzene rings is 1. The molecule has 5 heteroatoms. The number of methoxy groups -OCH3 is 1. The van der Waals surface area contributed by atoms with E-state index in [4.69, 9.17) is 0 Å². The first-order valence-electron chi connectivity index (χ1n) is 6.08. The van der Waals surface area contributed by atoms with Crippen molar-refractivity contribution in [2.45, 2.75) is 19.8 Å². The lowest BCUT2D eigenvalue weighted by atomic mass is 10.1. The van der Waals surface area contributed by atoms with E-state index in [2.05, 4.69) is 4.74 Å². The molecule has 1 aromatic carbocycles. The predicted molar refractivity (Wildman–Crippen MR) is 71.1 cm³/mol. The molecule has 0 saturated carbocycles. The molecule has 104 valence electrons. The van der Waals surface area contributed by atoms with Crippen molar-refractivity contribution in [2.75, 3.05) is 20.7 Å². The number of carbonyl (C=O) groups is 2. The highest BCUT2D eigenvalue weighted by atomic mass is 16.5. The molecule has 0 aromatic heterocycles. The first-order chi connectivity index (χ1) is 8.97. The van der Waals surface area contributed by atoms with Crippen molar-refractivity contribution in [3.05, 3.63) is 29.3 Å². The molecule has 0 radical (unpaired) electrons. The third-order valence-corrected chi connectivity index (χ3v) is 2.98. The molecule has 0 aliphatic rings. The molecule has 1 amide bonds. The number of amides is 1. The number of phenols is 1. The van der Waals surface area contributed by atoms with Crippen molar-refractivity contribution >= 4 is 11.9 Å². The zero-order valence-electron chi connectivity index (χ0n) is 11.5. The minimum atomic E-state index is -0.283. The Hall–Kier alpha value is -2.04. The van der Waals surface area contributed by atoms with Crippen molar-refractivity contribution < 1.29 is 19.4 Å². The molecule has 0 bridgehead atoms.